The van der Waals surface area contributed by atoms with Gasteiger partial charge in [0, 0.05) is 43.8 Å². The maximum absolute atomic E-state index is 14.7. The summed E-state index contributed by atoms with van der Waals surface area (Å²) in [6, 6.07) is 9.12. The van der Waals surface area contributed by atoms with E-state index in [0.717, 1.165) is 28.2 Å². The van der Waals surface area contributed by atoms with Crippen molar-refractivity contribution >= 4 is 27.6 Å². The topological polar surface area (TPSA) is 134 Å². The molecule has 1 aliphatic rings. The number of amides is 1. The summed E-state index contributed by atoms with van der Waals surface area (Å²) in [5.41, 5.74) is 7.39. The molecule has 0 spiro atoms. The van der Waals surface area contributed by atoms with Gasteiger partial charge in [-0.05, 0) is 61.9 Å². The number of hydrogen-bond donors (Lipinski definition) is 2. The van der Waals surface area contributed by atoms with Crippen LogP contribution in [0.3, 0.4) is 0 Å². The van der Waals surface area contributed by atoms with E-state index >= 15 is 0 Å². The molecule has 4 rings (SSSR count). The highest BCUT2D eigenvalue weighted by Gasteiger charge is 2.36. The first kappa shape index (κ1) is 28.0. The van der Waals surface area contributed by atoms with Crippen molar-refractivity contribution < 1.29 is 22.0 Å². The van der Waals surface area contributed by atoms with Gasteiger partial charge in [0.15, 0.2) is 0 Å². The van der Waals surface area contributed by atoms with Crippen LogP contribution in [0.2, 0.25) is 0 Å². The lowest BCUT2D eigenvalue weighted by Gasteiger charge is -2.24. The number of sulfonamides is 1. The number of nitrogens with two attached hydrogens (primary N) is 1. The number of guanidine groups is 1. The Bertz CT molecular complexity index is 1450. The summed E-state index contributed by atoms with van der Waals surface area (Å²) in [5.74, 6) is -2.08. The molecule has 206 valence electrons. The van der Waals surface area contributed by atoms with Crippen molar-refractivity contribution in [3.8, 4) is 0 Å². The van der Waals surface area contributed by atoms with Gasteiger partial charge in [0.05, 0.1) is 17.5 Å². The Labute approximate surface area is 225 Å². The fourth-order valence-electron chi connectivity index (χ4n) is 4.28. The van der Waals surface area contributed by atoms with E-state index in [1.54, 1.807) is 19.3 Å². The highest BCUT2D eigenvalue weighted by atomic mass is 32.2. The number of anilines is 1. The monoisotopic (exact) mass is 557 g/mol. The van der Waals surface area contributed by atoms with E-state index in [9.17, 15) is 22.0 Å². The molecule has 1 fully saturated rings. The SMILES string of the molecule is C[C@@H](N=C(N)N(C)S(=O)(=O)[C@H]1CCN(Cc2cccnc2)C1)c1cc(NC(=O)c2ccc(F)cn2)ccc1F. The van der Waals surface area contributed by atoms with Crippen LogP contribution < -0.4 is 11.1 Å². The minimum atomic E-state index is -3.82. The van der Waals surface area contributed by atoms with Crippen molar-refractivity contribution in [1.29, 1.82) is 0 Å². The summed E-state index contributed by atoms with van der Waals surface area (Å²) < 4.78 is 55.2. The second kappa shape index (κ2) is 11.8. The third kappa shape index (κ3) is 6.73. The Kier molecular flexibility index (Phi) is 8.51. The molecule has 3 aromatic rings. The predicted molar refractivity (Wildman–Crippen MR) is 143 cm³/mol. The summed E-state index contributed by atoms with van der Waals surface area (Å²) in [5, 5.41) is 1.91. The molecule has 3 N–H and O–H groups in total. The number of carbonyl (C=O) groups excluding carboxylic acids is 1. The second-order valence-electron chi connectivity index (χ2n) is 9.23. The van der Waals surface area contributed by atoms with Gasteiger partial charge in [0.1, 0.15) is 17.3 Å². The van der Waals surface area contributed by atoms with Crippen LogP contribution in [0.1, 0.15) is 41.0 Å². The number of nitrogens with zero attached hydrogens (tertiary/aromatic N) is 5. The molecule has 1 saturated heterocycles. The van der Waals surface area contributed by atoms with Gasteiger partial charge < -0.3 is 11.1 Å². The van der Waals surface area contributed by atoms with Gasteiger partial charge in [-0.2, -0.15) is 0 Å². The van der Waals surface area contributed by atoms with Crippen LogP contribution in [0.4, 0.5) is 14.5 Å². The number of hydrogen-bond acceptors (Lipinski definition) is 7. The quantitative estimate of drug-likeness (QED) is 0.321. The van der Waals surface area contributed by atoms with Gasteiger partial charge in [-0.1, -0.05) is 6.07 Å². The summed E-state index contributed by atoms with van der Waals surface area (Å²) in [6.45, 7) is 3.10. The normalized spacial score (nSPS) is 17.1. The van der Waals surface area contributed by atoms with Gasteiger partial charge in [0.25, 0.3) is 5.91 Å². The van der Waals surface area contributed by atoms with E-state index in [0.29, 0.717) is 26.1 Å². The number of halogens is 2. The highest BCUT2D eigenvalue weighted by molar-refractivity contribution is 7.90. The Morgan fingerprint density at radius 3 is 2.74 bits per heavy atom. The van der Waals surface area contributed by atoms with Crippen molar-refractivity contribution in [1.82, 2.24) is 19.2 Å². The average molecular weight is 558 g/mol. The van der Waals surface area contributed by atoms with E-state index in [-0.39, 0.29) is 22.9 Å². The van der Waals surface area contributed by atoms with Gasteiger partial charge in [-0.3, -0.25) is 14.7 Å². The zero-order valence-corrected chi connectivity index (χ0v) is 22.3. The first-order valence-corrected chi connectivity index (χ1v) is 13.7. The van der Waals surface area contributed by atoms with Crippen LogP contribution >= 0.6 is 0 Å². The van der Waals surface area contributed by atoms with Crippen LogP contribution in [0.15, 0.2) is 66.0 Å². The van der Waals surface area contributed by atoms with Crippen LogP contribution in [0, 0.1) is 11.6 Å². The summed E-state index contributed by atoms with van der Waals surface area (Å²) in [6.07, 6.45) is 4.79. The molecule has 2 aromatic heterocycles. The van der Waals surface area contributed by atoms with Crippen molar-refractivity contribution in [2.24, 2.45) is 10.7 Å². The lowest BCUT2D eigenvalue weighted by molar-refractivity contribution is 0.102. The second-order valence-corrected chi connectivity index (χ2v) is 11.5. The van der Waals surface area contributed by atoms with Crippen molar-refractivity contribution in [3.05, 3.63) is 89.5 Å². The predicted octanol–water partition coefficient (Wildman–Crippen LogP) is 2.92. The maximum Gasteiger partial charge on any atom is 0.274 e. The molecule has 13 heteroatoms. The van der Waals surface area contributed by atoms with E-state index in [2.05, 4.69) is 20.3 Å². The van der Waals surface area contributed by atoms with Crippen molar-refractivity contribution in [2.75, 3.05) is 25.5 Å². The van der Waals surface area contributed by atoms with E-state index in [1.807, 2.05) is 17.0 Å². The number of aromatic nitrogens is 2. The van der Waals surface area contributed by atoms with E-state index < -0.39 is 38.9 Å². The molecule has 0 unspecified atom stereocenters. The Balaban J connectivity index is 1.43. The van der Waals surface area contributed by atoms with Crippen LogP contribution in [-0.2, 0) is 16.6 Å². The molecule has 1 aliphatic heterocycles. The molecule has 0 bridgehead atoms. The first-order valence-electron chi connectivity index (χ1n) is 12.2. The average Bonchev–Trinajstić information content (AvgIpc) is 3.39. The zero-order valence-electron chi connectivity index (χ0n) is 21.5. The number of rotatable bonds is 8. The Hall–Kier alpha value is -3.97. The molecule has 0 aliphatic carbocycles. The summed E-state index contributed by atoms with van der Waals surface area (Å²) in [7, 11) is -2.50. The van der Waals surface area contributed by atoms with Gasteiger partial charge in [-0.15, -0.1) is 0 Å². The lowest BCUT2D eigenvalue weighted by Crippen LogP contribution is -2.44. The number of pyridine rings is 2. The molecule has 0 saturated carbocycles. The highest BCUT2D eigenvalue weighted by Crippen LogP contribution is 2.26. The minimum absolute atomic E-state index is 0.0182. The van der Waals surface area contributed by atoms with Gasteiger partial charge >= 0.3 is 0 Å². The van der Waals surface area contributed by atoms with Gasteiger partial charge in [-0.25, -0.2) is 31.5 Å². The molecule has 10 nitrogen and oxygen atoms in total. The summed E-state index contributed by atoms with van der Waals surface area (Å²) in [4.78, 5) is 26.5. The van der Waals surface area contributed by atoms with Crippen molar-refractivity contribution in [3.63, 3.8) is 0 Å². The molecular weight excluding hydrogens is 528 g/mol. The number of likely N-dealkylation sites (tertiary alicyclic amines) is 1. The summed E-state index contributed by atoms with van der Waals surface area (Å²) >= 11 is 0. The molecule has 2 atom stereocenters. The molecule has 0 radical (unpaired) electrons. The van der Waals surface area contributed by atoms with Crippen LogP contribution in [-0.4, -0.2) is 64.8 Å². The van der Waals surface area contributed by atoms with Gasteiger partial charge in [0.2, 0.25) is 16.0 Å². The lowest BCUT2D eigenvalue weighted by atomic mass is 10.1. The third-order valence-electron chi connectivity index (χ3n) is 6.47. The number of benzene rings is 1. The molecular formula is C26H29F2N7O3S. The van der Waals surface area contributed by atoms with Crippen LogP contribution in [0.25, 0.3) is 0 Å². The largest absolute Gasteiger partial charge is 0.369 e. The Morgan fingerprint density at radius 2 is 2.05 bits per heavy atom. The van der Waals surface area contributed by atoms with Crippen LogP contribution in [0.5, 0.6) is 0 Å². The smallest absolute Gasteiger partial charge is 0.274 e. The molecule has 1 aromatic carbocycles. The van der Waals surface area contributed by atoms with E-state index in [4.69, 9.17) is 5.73 Å². The van der Waals surface area contributed by atoms with Crippen molar-refractivity contribution in [2.45, 2.75) is 31.2 Å². The third-order valence-corrected chi connectivity index (χ3v) is 8.65. The standard InChI is InChI=1S/C26H29F2N7O3S/c1-17(22-12-20(6-7-23(22)28)33-25(36)24-8-5-19(27)14-31-24)32-26(29)34(2)39(37,38)21-9-11-35(16-21)15-18-4-3-10-30-13-18/h3-8,10,12-14,17,21H,9,11,15-16H2,1-2H3,(H2,29,32)(H,33,36)/t17-,21+/m1/s1. The molecule has 39 heavy (non-hydrogen) atoms. The number of nitrogens with one attached hydrogen (secondary N) is 1. The maximum atomic E-state index is 14.7. The first-order chi connectivity index (χ1) is 18.5. The minimum Gasteiger partial charge on any atom is -0.369 e. The Morgan fingerprint density at radius 1 is 1.26 bits per heavy atom. The molecule has 1 amide bonds. The van der Waals surface area contributed by atoms with E-state index in [1.165, 1.54) is 25.2 Å². The number of aliphatic imine (C=N–C) groups is 1. The fourth-order valence-corrected chi connectivity index (χ4v) is 5.84. The fraction of sp³-hybridized carbons (Fsp3) is 0.308. The number of carbonyl (C=O) groups is 1. The molecule has 3 heterocycles. The zero-order chi connectivity index (χ0) is 28.2.